The molecule has 3 heteroatoms. The molecular formula is C39H28Cl2Hf. The van der Waals surface area contributed by atoms with Crippen LogP contribution in [0.2, 0.25) is 0 Å². The van der Waals surface area contributed by atoms with Crippen LogP contribution in [0.15, 0.2) is 149 Å². The smallest absolute Gasteiger partial charge is 1.00 e. The Bertz CT molecular complexity index is 2000. The van der Waals surface area contributed by atoms with Gasteiger partial charge in [-0.3, -0.25) is 0 Å². The molecule has 6 aromatic carbocycles. The summed E-state index contributed by atoms with van der Waals surface area (Å²) in [7, 11) is 0. The van der Waals surface area contributed by atoms with Crippen molar-refractivity contribution in [3.63, 3.8) is 0 Å². The van der Waals surface area contributed by atoms with Crippen molar-refractivity contribution in [2.75, 3.05) is 0 Å². The van der Waals surface area contributed by atoms with E-state index in [-0.39, 0.29) is 24.8 Å². The minimum absolute atomic E-state index is 0. The van der Waals surface area contributed by atoms with Gasteiger partial charge in [-0.05, 0) is 0 Å². The standard InChI is InChI=1S/C21H13.C13H10.C5H5.2ClH.Hf/c1-2-8-15-14(7-1)13-20-18-11-4-3-9-16(18)17-10-5-6-12-19(17)21(15)20;1-3-7-12(8-4-1)11-13-9-5-2-6-10-13;1-2-4-5-3-1;;;/h1-10,12H,13H2;1-10H;1-3H,4H2;2*1H;/q;;;;;+2/p-2. The predicted octanol–water partition coefficient (Wildman–Crippen LogP) is 2.93. The quantitative estimate of drug-likeness (QED) is 0.192. The molecule has 0 atom stereocenters. The summed E-state index contributed by atoms with van der Waals surface area (Å²) in [6, 6.07) is 47.7. The Morgan fingerprint density at radius 3 is 1.88 bits per heavy atom. The molecule has 2 aliphatic rings. The summed E-state index contributed by atoms with van der Waals surface area (Å²) in [5.74, 6) is 0. The van der Waals surface area contributed by atoms with E-state index < -0.39 is 21.0 Å². The summed E-state index contributed by atoms with van der Waals surface area (Å²) in [5.41, 5.74) is 8.60. The van der Waals surface area contributed by atoms with Gasteiger partial charge in [0.25, 0.3) is 0 Å². The molecule has 0 saturated carbocycles. The van der Waals surface area contributed by atoms with Crippen LogP contribution in [0, 0.1) is 0 Å². The molecule has 0 bridgehead atoms. The maximum Gasteiger partial charge on any atom is -1.00 e. The summed E-state index contributed by atoms with van der Waals surface area (Å²) in [6.45, 7) is 0. The van der Waals surface area contributed by atoms with E-state index in [9.17, 15) is 0 Å². The van der Waals surface area contributed by atoms with E-state index in [2.05, 4.69) is 146 Å². The molecule has 0 saturated heterocycles. The van der Waals surface area contributed by atoms with Gasteiger partial charge in [0.2, 0.25) is 0 Å². The Labute approximate surface area is 267 Å². The third kappa shape index (κ3) is 4.69. The van der Waals surface area contributed by atoms with Crippen LogP contribution < -0.4 is 28.1 Å². The molecule has 8 rings (SSSR count). The normalized spacial score (nSPS) is 12.5. The van der Waals surface area contributed by atoms with Crippen LogP contribution in [0.25, 0.3) is 32.7 Å². The molecule has 0 amide bonds. The molecule has 0 nitrogen and oxygen atoms in total. The van der Waals surface area contributed by atoms with Gasteiger partial charge in [-0.2, -0.15) is 0 Å². The fraction of sp³-hybridized carbons (Fsp3) is 0.0513. The maximum absolute atomic E-state index is 2.93. The van der Waals surface area contributed by atoms with E-state index in [4.69, 9.17) is 0 Å². The second kappa shape index (κ2) is 12.1. The summed E-state index contributed by atoms with van der Waals surface area (Å²) < 4.78 is 4.87. The first kappa shape index (κ1) is 28.7. The summed E-state index contributed by atoms with van der Waals surface area (Å²) in [4.78, 5) is 0. The Balaban J connectivity index is 0.00000158. The van der Waals surface area contributed by atoms with E-state index in [0.717, 1.165) is 12.8 Å². The van der Waals surface area contributed by atoms with Crippen LogP contribution in [-0.4, -0.2) is 3.26 Å². The molecule has 0 spiro atoms. The minimum Gasteiger partial charge on any atom is -1.00 e. The second-order valence-corrected chi connectivity index (χ2v) is 19.5. The van der Waals surface area contributed by atoms with Crippen molar-refractivity contribution in [1.82, 2.24) is 0 Å². The van der Waals surface area contributed by atoms with Crippen LogP contribution in [0.1, 0.15) is 28.7 Å². The van der Waals surface area contributed by atoms with E-state index in [1.165, 1.54) is 54.9 Å². The molecule has 6 aromatic rings. The summed E-state index contributed by atoms with van der Waals surface area (Å²) in [5, 5.41) is 5.69. The monoisotopic (exact) mass is 746 g/mol. The molecule has 0 aliphatic heterocycles. The van der Waals surface area contributed by atoms with Gasteiger partial charge < -0.3 is 24.8 Å². The second-order valence-electron chi connectivity index (χ2n) is 10.8. The van der Waals surface area contributed by atoms with Crippen LogP contribution in [0.5, 0.6) is 0 Å². The number of hydrogen-bond donors (Lipinski definition) is 0. The molecular weight excluding hydrogens is 718 g/mol. The van der Waals surface area contributed by atoms with E-state index in [1.54, 1.807) is 9.90 Å². The maximum atomic E-state index is 2.49. The van der Waals surface area contributed by atoms with Crippen LogP contribution in [0.3, 0.4) is 0 Å². The van der Waals surface area contributed by atoms with Crippen LogP contribution >= 0.6 is 0 Å². The zero-order valence-electron chi connectivity index (χ0n) is 23.0. The fourth-order valence-corrected chi connectivity index (χ4v) is 18.5. The Hall–Kier alpha value is -3.36. The SMILES string of the molecule is C1=CC[C]([Hf+2](=[C](c2ccccc2)c2ccccc2)[c]2cccc3c2c2c(c4ccccc43)-c3ccccc3C2)=C1.[Cl-].[Cl-]. The molecule has 42 heavy (non-hydrogen) atoms. The van der Waals surface area contributed by atoms with Crippen LogP contribution in [-0.2, 0) is 27.4 Å². The molecule has 2 aliphatic carbocycles. The molecule has 0 unspecified atom stereocenters. The number of halogens is 2. The van der Waals surface area contributed by atoms with E-state index in [0.29, 0.717) is 0 Å². The van der Waals surface area contributed by atoms with Gasteiger partial charge in [-0.25, -0.2) is 0 Å². The van der Waals surface area contributed by atoms with Crippen molar-refractivity contribution < 1.29 is 45.8 Å². The first-order valence-corrected chi connectivity index (χ1v) is 19.5. The van der Waals surface area contributed by atoms with Crippen molar-refractivity contribution in [3.05, 3.63) is 171 Å². The van der Waals surface area contributed by atoms with Crippen molar-refractivity contribution in [1.29, 1.82) is 0 Å². The average Bonchev–Trinajstić information content (AvgIpc) is 3.69. The van der Waals surface area contributed by atoms with Crippen molar-refractivity contribution in [2.45, 2.75) is 12.8 Å². The predicted molar refractivity (Wildman–Crippen MR) is 167 cm³/mol. The number of hydrogen-bond acceptors (Lipinski definition) is 0. The van der Waals surface area contributed by atoms with Crippen molar-refractivity contribution in [3.8, 4) is 11.1 Å². The van der Waals surface area contributed by atoms with E-state index in [1.807, 2.05) is 0 Å². The Morgan fingerprint density at radius 2 is 1.19 bits per heavy atom. The number of allylic oxidation sites excluding steroid dienone is 4. The van der Waals surface area contributed by atoms with Gasteiger partial charge in [0.05, 0.1) is 0 Å². The number of benzene rings is 6. The summed E-state index contributed by atoms with van der Waals surface area (Å²) >= 11 is -2.93. The third-order valence-electron chi connectivity index (χ3n) is 8.55. The first-order valence-electron chi connectivity index (χ1n) is 14.1. The molecule has 0 fully saturated rings. The zero-order valence-corrected chi connectivity index (χ0v) is 28.1. The van der Waals surface area contributed by atoms with Crippen LogP contribution in [0.4, 0.5) is 0 Å². The molecule has 0 heterocycles. The van der Waals surface area contributed by atoms with Gasteiger partial charge in [0.15, 0.2) is 0 Å². The largest absolute Gasteiger partial charge is 1.00 e. The van der Waals surface area contributed by atoms with Gasteiger partial charge >= 0.3 is 244 Å². The van der Waals surface area contributed by atoms with Gasteiger partial charge in [0.1, 0.15) is 0 Å². The third-order valence-corrected chi connectivity index (χ3v) is 19.5. The molecule has 0 aromatic heterocycles. The molecule has 202 valence electrons. The summed E-state index contributed by atoms with van der Waals surface area (Å²) in [6.07, 6.45) is 9.16. The Kier molecular flexibility index (Phi) is 8.28. The Morgan fingerprint density at radius 1 is 0.571 bits per heavy atom. The van der Waals surface area contributed by atoms with E-state index >= 15 is 0 Å². The topological polar surface area (TPSA) is 0 Å². The molecule has 0 N–H and O–H groups in total. The number of fused-ring (bicyclic) bond motifs is 8. The number of rotatable bonds is 4. The van der Waals surface area contributed by atoms with Gasteiger partial charge in [-0.1, -0.05) is 0 Å². The molecule has 0 radical (unpaired) electrons. The minimum atomic E-state index is -2.93. The average molecular weight is 746 g/mol. The van der Waals surface area contributed by atoms with Crippen molar-refractivity contribution >= 4 is 28.1 Å². The fourth-order valence-electron chi connectivity index (χ4n) is 6.89. The zero-order chi connectivity index (χ0) is 26.5. The first-order chi connectivity index (χ1) is 19.9. The van der Waals surface area contributed by atoms with Crippen molar-refractivity contribution in [2.24, 2.45) is 0 Å². The van der Waals surface area contributed by atoms with Gasteiger partial charge in [-0.15, -0.1) is 0 Å². The van der Waals surface area contributed by atoms with Gasteiger partial charge in [0, 0.05) is 0 Å².